The molecule has 17 heavy (non-hydrogen) atoms. The highest BCUT2D eigenvalue weighted by Gasteiger charge is 2.16. The molecule has 1 atom stereocenters. The third-order valence-electron chi connectivity index (χ3n) is 2.49. The topological polar surface area (TPSA) is 12.0 Å². The normalized spacial score (nSPS) is 12.6. The molecule has 1 unspecified atom stereocenters. The van der Waals surface area contributed by atoms with Gasteiger partial charge in [0.25, 0.3) is 0 Å². The van der Waals surface area contributed by atoms with Gasteiger partial charge in [0.05, 0.1) is 6.04 Å². The molecule has 0 aliphatic rings. The molecule has 1 heterocycles. The highest BCUT2D eigenvalue weighted by Crippen LogP contribution is 2.37. The number of thiophene rings is 1. The molecule has 0 spiro atoms. The lowest BCUT2D eigenvalue weighted by atomic mass is 10.1. The van der Waals surface area contributed by atoms with Gasteiger partial charge in [-0.25, -0.2) is 0 Å². The second-order valence-electron chi connectivity index (χ2n) is 3.67. The molecule has 2 rings (SSSR count). The smallest absolute Gasteiger partial charge is 0.107 e. The maximum Gasteiger partial charge on any atom is 0.107 e. The highest BCUT2D eigenvalue weighted by atomic mass is 79.9. The quantitative estimate of drug-likeness (QED) is 0.844. The zero-order chi connectivity index (χ0) is 12.3. The zero-order valence-electron chi connectivity index (χ0n) is 9.41. The molecule has 2 aromatic rings. The molecule has 0 fully saturated rings. The van der Waals surface area contributed by atoms with Crippen LogP contribution in [0.3, 0.4) is 0 Å². The van der Waals surface area contributed by atoms with E-state index >= 15 is 0 Å². The van der Waals surface area contributed by atoms with E-state index in [-0.39, 0.29) is 6.04 Å². The van der Waals surface area contributed by atoms with Crippen LogP contribution < -0.4 is 5.32 Å². The minimum absolute atomic E-state index is 0.218. The van der Waals surface area contributed by atoms with Gasteiger partial charge in [-0.1, -0.05) is 48.9 Å². The van der Waals surface area contributed by atoms with Crippen molar-refractivity contribution in [3.05, 3.63) is 55.6 Å². The van der Waals surface area contributed by atoms with Crippen LogP contribution in [0.5, 0.6) is 0 Å². The molecule has 1 N–H and O–H groups in total. The van der Waals surface area contributed by atoms with Crippen molar-refractivity contribution in [3.8, 4) is 0 Å². The van der Waals surface area contributed by atoms with Crippen molar-refractivity contribution in [2.45, 2.75) is 13.0 Å². The first kappa shape index (κ1) is 13.1. The van der Waals surface area contributed by atoms with Crippen molar-refractivity contribution in [1.82, 2.24) is 5.32 Å². The van der Waals surface area contributed by atoms with Crippen LogP contribution in [-0.2, 0) is 0 Å². The summed E-state index contributed by atoms with van der Waals surface area (Å²) in [4.78, 5) is 1.23. The van der Waals surface area contributed by atoms with E-state index in [1.165, 1.54) is 10.4 Å². The van der Waals surface area contributed by atoms with Crippen LogP contribution in [0.2, 0.25) is 4.34 Å². The summed E-state index contributed by atoms with van der Waals surface area (Å²) in [6.45, 7) is 3.03. The Morgan fingerprint density at radius 3 is 2.59 bits per heavy atom. The van der Waals surface area contributed by atoms with Crippen LogP contribution in [0.25, 0.3) is 0 Å². The molecule has 4 heteroatoms. The average molecular weight is 331 g/mol. The fraction of sp³-hybridized carbons (Fsp3) is 0.231. The lowest BCUT2D eigenvalue weighted by Gasteiger charge is -2.16. The van der Waals surface area contributed by atoms with E-state index in [2.05, 4.69) is 58.5 Å². The van der Waals surface area contributed by atoms with Crippen LogP contribution in [0, 0.1) is 0 Å². The summed E-state index contributed by atoms with van der Waals surface area (Å²) in [6.07, 6.45) is 0. The SMILES string of the molecule is CCNC(c1ccccc1)c1cc(Br)c(Cl)s1. The van der Waals surface area contributed by atoms with Crippen molar-refractivity contribution < 1.29 is 0 Å². The standard InChI is InChI=1S/C13H13BrClNS/c1-2-16-12(9-6-4-3-5-7-9)11-8-10(14)13(15)17-11/h3-8,12,16H,2H2,1H3. The minimum Gasteiger partial charge on any atom is -0.306 e. The molecule has 1 aromatic carbocycles. The van der Waals surface area contributed by atoms with Crippen molar-refractivity contribution in [2.24, 2.45) is 0 Å². The lowest BCUT2D eigenvalue weighted by molar-refractivity contribution is 0.639. The van der Waals surface area contributed by atoms with Crippen molar-refractivity contribution in [1.29, 1.82) is 0 Å². The van der Waals surface area contributed by atoms with Crippen molar-refractivity contribution in [2.75, 3.05) is 6.54 Å². The van der Waals surface area contributed by atoms with Gasteiger partial charge in [-0.3, -0.25) is 0 Å². The molecular weight excluding hydrogens is 318 g/mol. The first-order valence-electron chi connectivity index (χ1n) is 5.45. The van der Waals surface area contributed by atoms with E-state index in [4.69, 9.17) is 11.6 Å². The van der Waals surface area contributed by atoms with Gasteiger partial charge in [0.1, 0.15) is 4.34 Å². The molecule has 90 valence electrons. The van der Waals surface area contributed by atoms with Gasteiger partial charge in [0, 0.05) is 9.35 Å². The maximum absolute atomic E-state index is 6.10. The number of halogens is 2. The van der Waals surface area contributed by atoms with Gasteiger partial charge < -0.3 is 5.32 Å². The van der Waals surface area contributed by atoms with E-state index in [0.717, 1.165) is 15.4 Å². The van der Waals surface area contributed by atoms with E-state index in [1.807, 2.05) is 6.07 Å². The predicted molar refractivity (Wildman–Crippen MR) is 79.0 cm³/mol. The fourth-order valence-corrected chi connectivity index (χ4v) is 3.58. The third-order valence-corrected chi connectivity index (χ3v) is 5.03. The van der Waals surface area contributed by atoms with E-state index < -0.39 is 0 Å². The summed E-state index contributed by atoms with van der Waals surface area (Å²) in [5.41, 5.74) is 1.26. The monoisotopic (exact) mass is 329 g/mol. The van der Waals surface area contributed by atoms with Crippen LogP contribution in [-0.4, -0.2) is 6.54 Å². The Morgan fingerprint density at radius 1 is 1.35 bits per heavy atom. The molecule has 0 aliphatic carbocycles. The van der Waals surface area contributed by atoms with Crippen LogP contribution in [0.4, 0.5) is 0 Å². The molecule has 0 radical (unpaired) electrons. The largest absolute Gasteiger partial charge is 0.306 e. The van der Waals surface area contributed by atoms with Gasteiger partial charge in [-0.2, -0.15) is 0 Å². The van der Waals surface area contributed by atoms with E-state index in [0.29, 0.717) is 0 Å². The number of nitrogens with one attached hydrogen (secondary N) is 1. The maximum atomic E-state index is 6.10. The first-order chi connectivity index (χ1) is 8.22. The molecular formula is C13H13BrClNS. The van der Waals surface area contributed by atoms with Gasteiger partial charge >= 0.3 is 0 Å². The first-order valence-corrected chi connectivity index (χ1v) is 7.44. The number of hydrogen-bond acceptors (Lipinski definition) is 2. The summed E-state index contributed by atoms with van der Waals surface area (Å²) in [5, 5.41) is 3.49. The highest BCUT2D eigenvalue weighted by molar-refractivity contribution is 9.10. The van der Waals surface area contributed by atoms with Gasteiger partial charge in [-0.05, 0) is 34.1 Å². The minimum atomic E-state index is 0.218. The fourth-order valence-electron chi connectivity index (χ4n) is 1.74. The second kappa shape index (κ2) is 6.01. The molecule has 0 saturated heterocycles. The Bertz CT molecular complexity index is 464. The summed E-state index contributed by atoms with van der Waals surface area (Å²) in [6, 6.07) is 12.7. The molecule has 0 amide bonds. The average Bonchev–Trinajstić information content (AvgIpc) is 2.67. The van der Waals surface area contributed by atoms with E-state index in [1.54, 1.807) is 11.3 Å². The Kier molecular flexibility index (Phi) is 4.62. The predicted octanol–water partition coefficient (Wildman–Crippen LogP) is 4.86. The molecule has 0 saturated carbocycles. The van der Waals surface area contributed by atoms with Crippen LogP contribution in [0.1, 0.15) is 23.4 Å². The lowest BCUT2D eigenvalue weighted by Crippen LogP contribution is -2.20. The Balaban J connectivity index is 2.35. The van der Waals surface area contributed by atoms with Gasteiger partial charge in [-0.15, -0.1) is 11.3 Å². The number of hydrogen-bond donors (Lipinski definition) is 1. The van der Waals surface area contributed by atoms with Crippen LogP contribution >= 0.6 is 38.9 Å². The Labute approximate surface area is 119 Å². The summed E-state index contributed by atoms with van der Waals surface area (Å²) in [5.74, 6) is 0. The van der Waals surface area contributed by atoms with E-state index in [9.17, 15) is 0 Å². The summed E-state index contributed by atoms with van der Waals surface area (Å²) >= 11 is 11.2. The zero-order valence-corrected chi connectivity index (χ0v) is 12.6. The number of rotatable bonds is 4. The summed E-state index contributed by atoms with van der Waals surface area (Å²) in [7, 11) is 0. The van der Waals surface area contributed by atoms with Gasteiger partial charge in [0.2, 0.25) is 0 Å². The molecule has 0 aliphatic heterocycles. The Hall–Kier alpha value is -0.350. The molecule has 1 nitrogen and oxygen atoms in total. The number of benzene rings is 1. The molecule has 0 bridgehead atoms. The second-order valence-corrected chi connectivity index (χ2v) is 6.21. The Morgan fingerprint density at radius 2 is 2.06 bits per heavy atom. The van der Waals surface area contributed by atoms with Crippen LogP contribution in [0.15, 0.2) is 40.9 Å². The van der Waals surface area contributed by atoms with Crippen molar-refractivity contribution >= 4 is 38.9 Å². The molecule has 1 aromatic heterocycles. The summed E-state index contributed by atoms with van der Waals surface area (Å²) < 4.78 is 1.77. The van der Waals surface area contributed by atoms with Crippen molar-refractivity contribution in [3.63, 3.8) is 0 Å². The third kappa shape index (κ3) is 3.10. The van der Waals surface area contributed by atoms with Gasteiger partial charge in [0.15, 0.2) is 0 Å².